The molecule has 0 aliphatic carbocycles. The molecule has 0 radical (unpaired) electrons. The molecule has 1 aliphatic rings. The van der Waals surface area contributed by atoms with Gasteiger partial charge in [0.2, 0.25) is 0 Å². The molecule has 1 amide bonds. The molecule has 1 aliphatic heterocycles. The number of hydrogen-bond acceptors (Lipinski definition) is 5. The Bertz CT molecular complexity index is 1070. The van der Waals surface area contributed by atoms with Crippen molar-refractivity contribution in [2.45, 2.75) is 6.54 Å². The average molecular weight is 450 g/mol. The van der Waals surface area contributed by atoms with E-state index in [-0.39, 0.29) is 11.7 Å². The van der Waals surface area contributed by atoms with E-state index < -0.39 is 0 Å². The second-order valence-corrected chi connectivity index (χ2v) is 7.89. The number of amides is 1. The maximum atomic E-state index is 13.9. The van der Waals surface area contributed by atoms with Gasteiger partial charge in [0.15, 0.2) is 0 Å². The predicted octanol–water partition coefficient (Wildman–Crippen LogP) is 4.42. The van der Waals surface area contributed by atoms with Crippen molar-refractivity contribution in [3.05, 3.63) is 83.7 Å². The van der Waals surface area contributed by atoms with Crippen LogP contribution in [0.5, 0.6) is 11.5 Å². The lowest BCUT2D eigenvalue weighted by Crippen LogP contribution is -2.46. The van der Waals surface area contributed by atoms with Crippen molar-refractivity contribution < 1.29 is 18.7 Å². The van der Waals surface area contributed by atoms with Crippen LogP contribution in [0.2, 0.25) is 0 Å². The van der Waals surface area contributed by atoms with Gasteiger partial charge >= 0.3 is 0 Å². The van der Waals surface area contributed by atoms with Gasteiger partial charge in [0, 0.05) is 49.7 Å². The third kappa shape index (κ3) is 5.26. The number of carbonyl (C=O) groups is 1. The van der Waals surface area contributed by atoms with Crippen molar-refractivity contribution in [2.24, 2.45) is 0 Å². The maximum Gasteiger partial charge on any atom is 0.263 e. The number of nitrogens with one attached hydrogen (secondary N) is 1. The molecule has 0 atom stereocenters. The van der Waals surface area contributed by atoms with Crippen LogP contribution in [0.4, 0.5) is 15.8 Å². The zero-order valence-electron chi connectivity index (χ0n) is 18.9. The highest BCUT2D eigenvalue weighted by atomic mass is 19.1. The molecule has 0 bridgehead atoms. The van der Waals surface area contributed by atoms with E-state index in [1.165, 1.54) is 20.3 Å². The third-order valence-electron chi connectivity index (χ3n) is 5.87. The van der Waals surface area contributed by atoms with E-state index in [1.54, 1.807) is 24.3 Å². The van der Waals surface area contributed by atoms with Crippen molar-refractivity contribution in [3.8, 4) is 11.5 Å². The monoisotopic (exact) mass is 449 g/mol. The second kappa shape index (κ2) is 10.4. The van der Waals surface area contributed by atoms with Crippen molar-refractivity contribution in [2.75, 3.05) is 50.6 Å². The quantitative estimate of drug-likeness (QED) is 0.579. The molecule has 1 saturated heterocycles. The van der Waals surface area contributed by atoms with Gasteiger partial charge in [0.05, 0.1) is 14.2 Å². The molecule has 0 unspecified atom stereocenters. The Morgan fingerprint density at radius 3 is 2.12 bits per heavy atom. The number of rotatable bonds is 7. The first-order valence-electron chi connectivity index (χ1n) is 10.9. The van der Waals surface area contributed by atoms with Crippen LogP contribution < -0.4 is 19.7 Å². The molecule has 6 nitrogen and oxygen atoms in total. The molecule has 1 fully saturated rings. The zero-order valence-corrected chi connectivity index (χ0v) is 18.9. The van der Waals surface area contributed by atoms with Gasteiger partial charge in [-0.3, -0.25) is 9.69 Å². The molecule has 3 aromatic rings. The van der Waals surface area contributed by atoms with E-state index in [9.17, 15) is 9.18 Å². The lowest BCUT2D eigenvalue weighted by atomic mass is 10.1. The molecule has 7 heteroatoms. The smallest absolute Gasteiger partial charge is 0.263 e. The van der Waals surface area contributed by atoms with Gasteiger partial charge < -0.3 is 19.7 Å². The number of halogens is 1. The van der Waals surface area contributed by atoms with Crippen LogP contribution in [0.15, 0.2) is 66.7 Å². The summed E-state index contributed by atoms with van der Waals surface area (Å²) in [6.07, 6.45) is 0. The molecule has 0 aromatic heterocycles. The third-order valence-corrected chi connectivity index (χ3v) is 5.87. The van der Waals surface area contributed by atoms with Gasteiger partial charge in [0.1, 0.15) is 22.9 Å². The van der Waals surface area contributed by atoms with Crippen molar-refractivity contribution in [3.63, 3.8) is 0 Å². The highest BCUT2D eigenvalue weighted by Gasteiger charge is 2.20. The topological polar surface area (TPSA) is 54.0 Å². The summed E-state index contributed by atoms with van der Waals surface area (Å²) in [4.78, 5) is 17.4. The van der Waals surface area contributed by atoms with Crippen molar-refractivity contribution >= 4 is 17.3 Å². The Hall–Kier alpha value is -3.58. The van der Waals surface area contributed by atoms with E-state index in [2.05, 4.69) is 15.1 Å². The van der Waals surface area contributed by atoms with Gasteiger partial charge in [-0.1, -0.05) is 24.3 Å². The highest BCUT2D eigenvalue weighted by molar-refractivity contribution is 6.08. The number of hydrogen-bond donors (Lipinski definition) is 1. The molecule has 0 spiro atoms. The predicted molar refractivity (Wildman–Crippen MR) is 128 cm³/mol. The molecular formula is C26H28FN3O3. The number of methoxy groups -OCH3 is 2. The second-order valence-electron chi connectivity index (χ2n) is 7.89. The molecule has 0 saturated carbocycles. The molecule has 33 heavy (non-hydrogen) atoms. The van der Waals surface area contributed by atoms with Crippen LogP contribution in [0.1, 0.15) is 15.9 Å². The fraction of sp³-hybridized carbons (Fsp3) is 0.269. The minimum absolute atomic E-state index is 0.150. The molecule has 3 aromatic carbocycles. The van der Waals surface area contributed by atoms with E-state index >= 15 is 0 Å². The van der Waals surface area contributed by atoms with E-state index in [1.807, 2.05) is 36.4 Å². The van der Waals surface area contributed by atoms with Crippen LogP contribution in [0.3, 0.4) is 0 Å². The van der Waals surface area contributed by atoms with Crippen LogP contribution in [0, 0.1) is 5.82 Å². The number of ether oxygens (including phenoxy) is 2. The first-order chi connectivity index (χ1) is 16.1. The molecule has 4 rings (SSSR count). The highest BCUT2D eigenvalue weighted by Crippen LogP contribution is 2.29. The summed E-state index contributed by atoms with van der Waals surface area (Å²) in [6.45, 7) is 4.07. The summed E-state index contributed by atoms with van der Waals surface area (Å²) in [5, 5.41) is 2.92. The Kier molecular flexibility index (Phi) is 7.10. The normalized spacial score (nSPS) is 14.1. The van der Waals surface area contributed by atoms with Crippen molar-refractivity contribution in [1.29, 1.82) is 0 Å². The van der Waals surface area contributed by atoms with Gasteiger partial charge in [-0.25, -0.2) is 4.39 Å². The van der Waals surface area contributed by atoms with Gasteiger partial charge in [-0.05, 0) is 42.5 Å². The average Bonchev–Trinajstić information content (AvgIpc) is 2.85. The van der Waals surface area contributed by atoms with Crippen LogP contribution in [-0.4, -0.2) is 51.2 Å². The molecular weight excluding hydrogens is 421 g/mol. The van der Waals surface area contributed by atoms with E-state index in [4.69, 9.17) is 9.47 Å². The summed E-state index contributed by atoms with van der Waals surface area (Å²) in [5.74, 6) is 0.468. The summed E-state index contributed by atoms with van der Waals surface area (Å²) in [5.41, 5.74) is 2.87. The number of anilines is 2. The maximum absolute atomic E-state index is 13.9. The van der Waals surface area contributed by atoms with Gasteiger partial charge in [-0.2, -0.15) is 0 Å². The lowest BCUT2D eigenvalue weighted by Gasteiger charge is -2.36. The minimum atomic E-state index is -0.293. The minimum Gasteiger partial charge on any atom is -0.496 e. The number of carbonyl (C=O) groups excluding carboxylic acids is 1. The largest absolute Gasteiger partial charge is 0.496 e. The Labute approximate surface area is 193 Å². The summed E-state index contributed by atoms with van der Waals surface area (Å²) in [6, 6.07) is 20.0. The standard InChI is InChI=1S/C26H28FN3O3/c1-32-23-8-5-9-24(33-2)25(23)26(31)28-20-10-12-21(13-11-20)30-16-14-29(15-17-30)18-19-6-3-4-7-22(19)27/h3-13H,14-18H2,1-2H3,(H,28,31). The Morgan fingerprint density at radius 1 is 0.879 bits per heavy atom. The zero-order chi connectivity index (χ0) is 23.2. The summed E-state index contributed by atoms with van der Waals surface area (Å²) < 4.78 is 24.6. The van der Waals surface area contributed by atoms with Gasteiger partial charge in [-0.15, -0.1) is 0 Å². The molecule has 172 valence electrons. The van der Waals surface area contributed by atoms with Crippen LogP contribution in [0.25, 0.3) is 0 Å². The summed E-state index contributed by atoms with van der Waals surface area (Å²) in [7, 11) is 3.05. The van der Waals surface area contributed by atoms with Crippen LogP contribution >= 0.6 is 0 Å². The Balaban J connectivity index is 1.36. The van der Waals surface area contributed by atoms with Crippen LogP contribution in [-0.2, 0) is 6.54 Å². The number of piperazine rings is 1. The fourth-order valence-electron chi connectivity index (χ4n) is 4.06. The summed E-state index contributed by atoms with van der Waals surface area (Å²) >= 11 is 0. The number of nitrogens with zero attached hydrogens (tertiary/aromatic N) is 2. The fourth-order valence-corrected chi connectivity index (χ4v) is 4.06. The number of benzene rings is 3. The molecule has 1 N–H and O–H groups in total. The van der Waals surface area contributed by atoms with E-state index in [0.29, 0.717) is 29.3 Å². The first kappa shape index (κ1) is 22.6. The van der Waals surface area contributed by atoms with Gasteiger partial charge in [0.25, 0.3) is 5.91 Å². The first-order valence-corrected chi connectivity index (χ1v) is 10.9. The van der Waals surface area contributed by atoms with Crippen molar-refractivity contribution in [1.82, 2.24) is 4.90 Å². The SMILES string of the molecule is COc1cccc(OC)c1C(=O)Nc1ccc(N2CCN(Cc3ccccc3F)CC2)cc1. The lowest BCUT2D eigenvalue weighted by molar-refractivity contribution is 0.102. The Morgan fingerprint density at radius 2 is 1.52 bits per heavy atom. The van der Waals surface area contributed by atoms with E-state index in [0.717, 1.165) is 37.4 Å². The molecule has 1 heterocycles.